The zero-order valence-corrected chi connectivity index (χ0v) is 22.0. The zero-order valence-electron chi connectivity index (χ0n) is 22.0. The van der Waals surface area contributed by atoms with Gasteiger partial charge >= 0.3 is 0 Å². The van der Waals surface area contributed by atoms with Crippen molar-refractivity contribution in [1.82, 2.24) is 9.97 Å². The molecule has 0 amide bonds. The van der Waals surface area contributed by atoms with Gasteiger partial charge in [0.1, 0.15) is 11.2 Å². The third-order valence-electron chi connectivity index (χ3n) is 8.30. The van der Waals surface area contributed by atoms with Crippen LogP contribution in [0.15, 0.2) is 138 Å². The van der Waals surface area contributed by atoms with E-state index in [0.29, 0.717) is 0 Å². The minimum absolute atomic E-state index is 0.923. The molecule has 0 N–H and O–H groups in total. The second kappa shape index (κ2) is 8.48. The molecule has 6 aromatic carbocycles. The lowest BCUT2D eigenvalue weighted by Gasteiger charge is -2.12. The van der Waals surface area contributed by atoms with E-state index in [0.717, 1.165) is 49.6 Å². The molecule has 0 spiro atoms. The van der Waals surface area contributed by atoms with E-state index in [9.17, 15) is 0 Å². The Kier molecular flexibility index (Phi) is 4.61. The van der Waals surface area contributed by atoms with Gasteiger partial charge in [0.2, 0.25) is 0 Å². The fourth-order valence-electron chi connectivity index (χ4n) is 6.38. The van der Waals surface area contributed by atoms with Crippen molar-refractivity contribution in [2.24, 2.45) is 0 Å². The topological polar surface area (TPSA) is 38.9 Å². The molecule has 0 aliphatic rings. The van der Waals surface area contributed by atoms with Crippen LogP contribution in [0.5, 0.6) is 0 Å². The molecule has 0 aliphatic carbocycles. The molecule has 41 heavy (non-hydrogen) atoms. The maximum Gasteiger partial charge on any atom is 0.136 e. The predicted molar refractivity (Wildman–Crippen MR) is 170 cm³/mol. The summed E-state index contributed by atoms with van der Waals surface area (Å²) in [5.41, 5.74) is 8.17. The van der Waals surface area contributed by atoms with Gasteiger partial charge < -0.3 is 4.42 Å². The molecule has 9 rings (SSSR count). The Morgan fingerprint density at radius 3 is 2.15 bits per heavy atom. The largest absolute Gasteiger partial charge is 0.456 e. The Labute approximate surface area is 235 Å². The summed E-state index contributed by atoms with van der Waals surface area (Å²) in [4.78, 5) is 9.79. The van der Waals surface area contributed by atoms with Crippen LogP contribution < -0.4 is 0 Å². The lowest BCUT2D eigenvalue weighted by Crippen LogP contribution is -1.90. The zero-order chi connectivity index (χ0) is 26.9. The number of nitrogens with zero attached hydrogens (tertiary/aromatic N) is 2. The molecule has 0 radical (unpaired) electrons. The molecule has 0 aliphatic heterocycles. The Morgan fingerprint density at radius 2 is 1.22 bits per heavy atom. The molecule has 3 aromatic heterocycles. The highest BCUT2D eigenvalue weighted by molar-refractivity contribution is 6.19. The van der Waals surface area contributed by atoms with Crippen LogP contribution in [0, 0.1) is 0 Å². The van der Waals surface area contributed by atoms with E-state index in [4.69, 9.17) is 9.40 Å². The number of fused-ring (bicyclic) bond motifs is 9. The predicted octanol–water partition coefficient (Wildman–Crippen LogP) is 10.3. The number of hydrogen-bond donors (Lipinski definition) is 0. The summed E-state index contributed by atoms with van der Waals surface area (Å²) < 4.78 is 6.13. The molecule has 190 valence electrons. The number of pyridine rings is 2. The van der Waals surface area contributed by atoms with Gasteiger partial charge in [-0.15, -0.1) is 0 Å². The van der Waals surface area contributed by atoms with Crippen molar-refractivity contribution >= 4 is 65.3 Å². The quantitative estimate of drug-likeness (QED) is 0.212. The second-order valence-electron chi connectivity index (χ2n) is 10.6. The van der Waals surface area contributed by atoms with Crippen LogP contribution in [-0.2, 0) is 0 Å². The highest BCUT2D eigenvalue weighted by Crippen LogP contribution is 2.39. The van der Waals surface area contributed by atoms with Crippen LogP contribution in [-0.4, -0.2) is 9.97 Å². The third-order valence-corrected chi connectivity index (χ3v) is 8.30. The van der Waals surface area contributed by atoms with Crippen molar-refractivity contribution < 1.29 is 4.42 Å². The monoisotopic (exact) mass is 522 g/mol. The molecular formula is C38H22N2O. The maximum atomic E-state index is 6.13. The number of para-hydroxylation sites is 1. The van der Waals surface area contributed by atoms with Crippen molar-refractivity contribution in [1.29, 1.82) is 0 Å². The van der Waals surface area contributed by atoms with Crippen LogP contribution in [0.2, 0.25) is 0 Å². The highest BCUT2D eigenvalue weighted by atomic mass is 16.3. The van der Waals surface area contributed by atoms with E-state index in [-0.39, 0.29) is 0 Å². The second-order valence-corrected chi connectivity index (χ2v) is 10.6. The van der Waals surface area contributed by atoms with Gasteiger partial charge in [0.25, 0.3) is 0 Å². The summed E-state index contributed by atoms with van der Waals surface area (Å²) in [6.07, 6.45) is 1.84. The van der Waals surface area contributed by atoms with E-state index in [1.807, 2.05) is 24.4 Å². The first-order valence-corrected chi connectivity index (χ1v) is 13.8. The number of aromatic nitrogens is 2. The van der Waals surface area contributed by atoms with Gasteiger partial charge in [-0.3, -0.25) is 4.98 Å². The van der Waals surface area contributed by atoms with Crippen LogP contribution in [0.4, 0.5) is 0 Å². The summed E-state index contributed by atoms with van der Waals surface area (Å²) in [7, 11) is 0. The van der Waals surface area contributed by atoms with Gasteiger partial charge in [-0.2, -0.15) is 0 Å². The average molecular weight is 523 g/mol. The Bertz CT molecular complexity index is 2490. The van der Waals surface area contributed by atoms with Gasteiger partial charge in [0, 0.05) is 33.3 Å². The van der Waals surface area contributed by atoms with E-state index in [2.05, 4.69) is 114 Å². The molecule has 0 saturated heterocycles. The molecule has 0 bridgehead atoms. The van der Waals surface area contributed by atoms with Crippen molar-refractivity contribution in [2.45, 2.75) is 0 Å². The molecular weight excluding hydrogens is 500 g/mol. The van der Waals surface area contributed by atoms with Crippen LogP contribution in [0.25, 0.3) is 87.7 Å². The standard InChI is InChI=1S/C38H22N2O/c1-2-12-34-32(7-1)36-28-18-15-25(22-26(28)17-20-35(36)41-34)27-8-3-10-30-29(27)9-4-11-31(30)33-19-16-24-14-13-23-6-5-21-39-37(23)38(24)40-33/h1-22H. The van der Waals surface area contributed by atoms with E-state index in [1.165, 1.54) is 38.1 Å². The first-order valence-electron chi connectivity index (χ1n) is 13.8. The first kappa shape index (κ1) is 22.3. The van der Waals surface area contributed by atoms with Crippen LogP contribution in [0.3, 0.4) is 0 Å². The Morgan fingerprint density at radius 1 is 0.463 bits per heavy atom. The molecule has 0 fully saturated rings. The van der Waals surface area contributed by atoms with E-state index >= 15 is 0 Å². The van der Waals surface area contributed by atoms with Gasteiger partial charge in [0.05, 0.1) is 16.7 Å². The van der Waals surface area contributed by atoms with Crippen molar-refractivity contribution in [2.75, 3.05) is 0 Å². The first-order chi connectivity index (χ1) is 20.3. The summed E-state index contributed by atoms with van der Waals surface area (Å²) in [6, 6.07) is 44.9. The van der Waals surface area contributed by atoms with Crippen molar-refractivity contribution in [3.05, 3.63) is 134 Å². The average Bonchev–Trinajstić information content (AvgIpc) is 3.43. The lowest BCUT2D eigenvalue weighted by molar-refractivity contribution is 0.669. The summed E-state index contributed by atoms with van der Waals surface area (Å²) in [6.45, 7) is 0. The van der Waals surface area contributed by atoms with Gasteiger partial charge in [0.15, 0.2) is 0 Å². The lowest BCUT2D eigenvalue weighted by atomic mass is 9.92. The fourth-order valence-corrected chi connectivity index (χ4v) is 6.38. The smallest absolute Gasteiger partial charge is 0.136 e. The van der Waals surface area contributed by atoms with Crippen molar-refractivity contribution in [3.8, 4) is 22.4 Å². The Hall–Kier alpha value is -5.54. The number of furan rings is 1. The summed E-state index contributed by atoms with van der Waals surface area (Å²) in [5.74, 6) is 0. The summed E-state index contributed by atoms with van der Waals surface area (Å²) in [5, 5.41) is 9.32. The maximum absolute atomic E-state index is 6.13. The van der Waals surface area contributed by atoms with Crippen LogP contribution >= 0.6 is 0 Å². The summed E-state index contributed by atoms with van der Waals surface area (Å²) >= 11 is 0. The van der Waals surface area contributed by atoms with Crippen LogP contribution in [0.1, 0.15) is 0 Å². The fraction of sp³-hybridized carbons (Fsp3) is 0. The SMILES string of the molecule is c1cnc2c(c1)ccc1ccc(-c3cccc4c(-c5ccc6c(ccc7oc8ccccc8c76)c5)cccc34)nc12. The van der Waals surface area contributed by atoms with Crippen molar-refractivity contribution in [3.63, 3.8) is 0 Å². The molecule has 0 saturated carbocycles. The third kappa shape index (κ3) is 3.33. The number of benzene rings is 6. The molecule has 9 aromatic rings. The molecule has 3 heterocycles. The number of hydrogen-bond acceptors (Lipinski definition) is 3. The van der Waals surface area contributed by atoms with Gasteiger partial charge in [-0.25, -0.2) is 4.98 Å². The normalized spacial score (nSPS) is 11.9. The molecule has 3 nitrogen and oxygen atoms in total. The van der Waals surface area contributed by atoms with E-state index < -0.39 is 0 Å². The Balaban J connectivity index is 1.23. The van der Waals surface area contributed by atoms with Gasteiger partial charge in [-0.1, -0.05) is 97.1 Å². The van der Waals surface area contributed by atoms with Gasteiger partial charge in [-0.05, 0) is 63.0 Å². The highest BCUT2D eigenvalue weighted by Gasteiger charge is 2.14. The minimum atomic E-state index is 0.923. The molecule has 3 heteroatoms. The van der Waals surface area contributed by atoms with E-state index in [1.54, 1.807) is 0 Å². The molecule has 0 atom stereocenters. The molecule has 0 unspecified atom stereocenters. The number of rotatable bonds is 2. The minimum Gasteiger partial charge on any atom is -0.456 e.